The van der Waals surface area contributed by atoms with E-state index in [2.05, 4.69) is 29.0 Å². The molecule has 0 bridgehead atoms. The number of aromatic nitrogens is 2. The first kappa shape index (κ1) is 15.4. The molecule has 0 amide bonds. The van der Waals surface area contributed by atoms with Crippen LogP contribution in [-0.2, 0) is 4.79 Å². The third kappa shape index (κ3) is 3.47. The predicted octanol–water partition coefficient (Wildman–Crippen LogP) is 4.40. The first-order chi connectivity index (χ1) is 10.9. The van der Waals surface area contributed by atoms with Crippen LogP contribution < -0.4 is 0 Å². The van der Waals surface area contributed by atoms with Crippen molar-refractivity contribution < 1.29 is 4.79 Å². The van der Waals surface area contributed by atoms with Crippen LogP contribution in [0.5, 0.6) is 0 Å². The summed E-state index contributed by atoms with van der Waals surface area (Å²) in [5, 5.41) is 7.30. The van der Waals surface area contributed by atoms with E-state index in [0.717, 1.165) is 28.8 Å². The van der Waals surface area contributed by atoms with Crippen LogP contribution in [0.2, 0.25) is 0 Å². The standard InChI is InChI=1S/C19H21N3O/c1-13-17(15-7-5-4-6-8-15)18(22-21-13)20-12-14-9-16(23)11-19(2,3)10-14/h4-9,12H,10-11H2,1-3H3,(H,21,22). The molecule has 0 aliphatic heterocycles. The highest BCUT2D eigenvalue weighted by Crippen LogP contribution is 2.34. The van der Waals surface area contributed by atoms with E-state index in [1.54, 1.807) is 12.3 Å². The number of hydrogen-bond donors (Lipinski definition) is 1. The maximum Gasteiger partial charge on any atom is 0.181 e. The second-order valence-electron chi connectivity index (χ2n) is 6.87. The number of H-pyrrole nitrogens is 1. The number of aromatic amines is 1. The molecule has 0 spiro atoms. The Morgan fingerprint density at radius 3 is 2.65 bits per heavy atom. The van der Waals surface area contributed by atoms with E-state index < -0.39 is 0 Å². The molecule has 4 heteroatoms. The maximum atomic E-state index is 11.8. The van der Waals surface area contributed by atoms with Gasteiger partial charge in [-0.1, -0.05) is 44.2 Å². The zero-order valence-corrected chi connectivity index (χ0v) is 13.8. The minimum absolute atomic E-state index is 0.00304. The van der Waals surface area contributed by atoms with Crippen LogP contribution in [0.25, 0.3) is 11.1 Å². The van der Waals surface area contributed by atoms with Gasteiger partial charge in [-0.3, -0.25) is 9.89 Å². The number of benzene rings is 1. The molecule has 1 aromatic carbocycles. The minimum Gasteiger partial charge on any atom is -0.295 e. The lowest BCUT2D eigenvalue weighted by atomic mass is 9.77. The summed E-state index contributed by atoms with van der Waals surface area (Å²) >= 11 is 0. The van der Waals surface area contributed by atoms with E-state index in [-0.39, 0.29) is 11.2 Å². The Balaban J connectivity index is 1.91. The van der Waals surface area contributed by atoms with E-state index in [0.29, 0.717) is 12.2 Å². The minimum atomic E-state index is -0.00304. The van der Waals surface area contributed by atoms with Gasteiger partial charge in [-0.05, 0) is 36.0 Å². The van der Waals surface area contributed by atoms with Crippen molar-refractivity contribution in [2.24, 2.45) is 10.4 Å². The molecule has 0 fully saturated rings. The molecule has 0 radical (unpaired) electrons. The van der Waals surface area contributed by atoms with Crippen LogP contribution in [0.15, 0.2) is 47.0 Å². The average Bonchev–Trinajstić information content (AvgIpc) is 2.85. The Morgan fingerprint density at radius 2 is 1.96 bits per heavy atom. The Hall–Kier alpha value is -2.49. The van der Waals surface area contributed by atoms with E-state index in [9.17, 15) is 4.79 Å². The van der Waals surface area contributed by atoms with Crippen molar-refractivity contribution in [1.82, 2.24) is 10.2 Å². The number of carbonyl (C=O) groups is 1. The summed E-state index contributed by atoms with van der Waals surface area (Å²) in [5.74, 6) is 0.828. The van der Waals surface area contributed by atoms with Crippen molar-refractivity contribution >= 4 is 17.8 Å². The molecular formula is C19H21N3O. The molecule has 3 rings (SSSR count). The van der Waals surface area contributed by atoms with E-state index in [1.165, 1.54) is 0 Å². The summed E-state index contributed by atoms with van der Waals surface area (Å²) in [6.07, 6.45) is 4.94. The zero-order chi connectivity index (χ0) is 16.4. The third-order valence-electron chi connectivity index (χ3n) is 4.03. The first-order valence-electron chi connectivity index (χ1n) is 7.82. The molecule has 0 unspecified atom stereocenters. The van der Waals surface area contributed by atoms with Crippen molar-refractivity contribution in [3.05, 3.63) is 47.7 Å². The van der Waals surface area contributed by atoms with Crippen LogP contribution in [0.3, 0.4) is 0 Å². The molecule has 118 valence electrons. The number of aryl methyl sites for hydroxylation is 1. The van der Waals surface area contributed by atoms with E-state index in [4.69, 9.17) is 0 Å². The number of ketones is 1. The van der Waals surface area contributed by atoms with E-state index >= 15 is 0 Å². The summed E-state index contributed by atoms with van der Waals surface area (Å²) in [6.45, 7) is 6.21. The summed E-state index contributed by atoms with van der Waals surface area (Å²) in [4.78, 5) is 16.4. The molecule has 1 aromatic heterocycles. The van der Waals surface area contributed by atoms with Gasteiger partial charge in [0.2, 0.25) is 0 Å². The normalized spacial score (nSPS) is 17.5. The number of hydrogen-bond acceptors (Lipinski definition) is 3. The van der Waals surface area contributed by atoms with Crippen molar-refractivity contribution in [2.45, 2.75) is 33.6 Å². The van der Waals surface area contributed by atoms with Gasteiger partial charge in [0.05, 0.1) is 0 Å². The highest BCUT2D eigenvalue weighted by atomic mass is 16.1. The van der Waals surface area contributed by atoms with E-state index in [1.807, 2.05) is 37.3 Å². The summed E-state index contributed by atoms with van der Waals surface area (Å²) in [7, 11) is 0. The number of allylic oxidation sites excluding steroid dienone is 2. The number of aliphatic imine (C=N–C) groups is 1. The molecule has 1 aliphatic carbocycles. The fourth-order valence-corrected chi connectivity index (χ4v) is 3.08. The van der Waals surface area contributed by atoms with Crippen LogP contribution in [0.4, 0.5) is 5.82 Å². The van der Waals surface area contributed by atoms with Gasteiger partial charge in [0, 0.05) is 23.9 Å². The van der Waals surface area contributed by atoms with Gasteiger partial charge in [0.25, 0.3) is 0 Å². The zero-order valence-electron chi connectivity index (χ0n) is 13.8. The molecule has 0 saturated carbocycles. The van der Waals surface area contributed by atoms with Gasteiger partial charge < -0.3 is 0 Å². The summed E-state index contributed by atoms with van der Waals surface area (Å²) in [6, 6.07) is 10.1. The van der Waals surface area contributed by atoms with Gasteiger partial charge >= 0.3 is 0 Å². The Bertz CT molecular complexity index is 782. The largest absolute Gasteiger partial charge is 0.295 e. The van der Waals surface area contributed by atoms with Crippen LogP contribution in [0, 0.1) is 12.3 Å². The van der Waals surface area contributed by atoms with Crippen molar-refractivity contribution in [3.8, 4) is 11.1 Å². The molecule has 0 atom stereocenters. The quantitative estimate of drug-likeness (QED) is 0.854. The van der Waals surface area contributed by atoms with Gasteiger partial charge in [0.15, 0.2) is 11.6 Å². The number of nitrogens with zero attached hydrogens (tertiary/aromatic N) is 2. The van der Waals surface area contributed by atoms with Crippen molar-refractivity contribution in [3.63, 3.8) is 0 Å². The van der Waals surface area contributed by atoms with Gasteiger partial charge in [-0.25, -0.2) is 4.99 Å². The molecule has 4 nitrogen and oxygen atoms in total. The molecule has 1 aliphatic rings. The smallest absolute Gasteiger partial charge is 0.181 e. The molecule has 0 saturated heterocycles. The summed E-state index contributed by atoms with van der Waals surface area (Å²) in [5.41, 5.74) is 4.03. The van der Waals surface area contributed by atoms with Gasteiger partial charge in [-0.2, -0.15) is 5.10 Å². The highest BCUT2D eigenvalue weighted by molar-refractivity contribution is 5.98. The Labute approximate surface area is 136 Å². The lowest BCUT2D eigenvalue weighted by Crippen LogP contribution is -2.22. The first-order valence-corrected chi connectivity index (χ1v) is 7.82. The molecule has 1 heterocycles. The number of rotatable bonds is 3. The maximum absolute atomic E-state index is 11.8. The number of carbonyl (C=O) groups excluding carboxylic acids is 1. The molecule has 1 N–H and O–H groups in total. The van der Waals surface area contributed by atoms with Crippen molar-refractivity contribution in [2.75, 3.05) is 0 Å². The molecule has 2 aromatic rings. The Kier molecular flexibility index (Phi) is 3.99. The summed E-state index contributed by atoms with van der Waals surface area (Å²) < 4.78 is 0. The van der Waals surface area contributed by atoms with Crippen molar-refractivity contribution in [1.29, 1.82) is 0 Å². The van der Waals surface area contributed by atoms with Gasteiger partial charge in [-0.15, -0.1) is 0 Å². The monoisotopic (exact) mass is 307 g/mol. The fourth-order valence-electron chi connectivity index (χ4n) is 3.08. The van der Waals surface area contributed by atoms with Crippen LogP contribution >= 0.6 is 0 Å². The second-order valence-corrected chi connectivity index (χ2v) is 6.87. The number of nitrogens with one attached hydrogen (secondary N) is 1. The average molecular weight is 307 g/mol. The van der Waals surface area contributed by atoms with Gasteiger partial charge in [0.1, 0.15) is 0 Å². The predicted molar refractivity (Wildman–Crippen MR) is 93.0 cm³/mol. The van der Waals surface area contributed by atoms with Crippen LogP contribution in [-0.4, -0.2) is 22.2 Å². The lowest BCUT2D eigenvalue weighted by molar-refractivity contribution is -0.116. The molecule has 23 heavy (non-hydrogen) atoms. The second kappa shape index (κ2) is 5.95. The third-order valence-corrected chi connectivity index (χ3v) is 4.03. The lowest BCUT2D eigenvalue weighted by Gasteiger charge is -2.27. The SMILES string of the molecule is Cc1[nH]nc(N=CC2=CC(=O)CC(C)(C)C2)c1-c1ccccc1. The highest BCUT2D eigenvalue weighted by Gasteiger charge is 2.26. The molecular weight excluding hydrogens is 286 g/mol. The fraction of sp³-hybridized carbons (Fsp3) is 0.316. The topological polar surface area (TPSA) is 58.1 Å². The Morgan fingerprint density at radius 1 is 1.22 bits per heavy atom. The van der Waals surface area contributed by atoms with Crippen LogP contribution in [0.1, 0.15) is 32.4 Å².